The lowest BCUT2D eigenvalue weighted by Crippen LogP contribution is -2.27. The molecular formula is C18H24N2O2. The summed E-state index contributed by atoms with van der Waals surface area (Å²) in [5, 5.41) is 5.39. The van der Waals surface area contributed by atoms with Crippen LogP contribution in [0.1, 0.15) is 42.6 Å². The third-order valence-electron chi connectivity index (χ3n) is 3.19. The zero-order chi connectivity index (χ0) is 16.2. The molecule has 4 nitrogen and oxygen atoms in total. The van der Waals surface area contributed by atoms with E-state index in [4.69, 9.17) is 0 Å². The Morgan fingerprint density at radius 2 is 1.82 bits per heavy atom. The van der Waals surface area contributed by atoms with Crippen molar-refractivity contribution in [1.29, 1.82) is 0 Å². The second kappa shape index (κ2) is 10.4. The van der Waals surface area contributed by atoms with Gasteiger partial charge in [0.25, 0.3) is 5.91 Å². The topological polar surface area (TPSA) is 58.2 Å². The molecule has 0 saturated carbocycles. The summed E-state index contributed by atoms with van der Waals surface area (Å²) in [6, 6.07) is 7.58. The molecule has 0 aliphatic carbocycles. The molecule has 0 fully saturated rings. The third kappa shape index (κ3) is 5.95. The van der Waals surface area contributed by atoms with Crippen LogP contribution in [0.2, 0.25) is 0 Å². The molecule has 2 N–H and O–H groups in total. The summed E-state index contributed by atoms with van der Waals surface area (Å²) in [6.07, 6.45) is 8.63. The summed E-state index contributed by atoms with van der Waals surface area (Å²) in [5.74, 6) is -0.0937. The number of benzene rings is 1. The van der Waals surface area contributed by atoms with Gasteiger partial charge in [0, 0.05) is 18.7 Å². The zero-order valence-corrected chi connectivity index (χ0v) is 13.3. The minimum atomic E-state index is -0.0937. The van der Waals surface area contributed by atoms with Crippen molar-refractivity contribution >= 4 is 17.9 Å². The van der Waals surface area contributed by atoms with Crippen molar-refractivity contribution in [2.75, 3.05) is 13.1 Å². The zero-order valence-electron chi connectivity index (χ0n) is 13.3. The van der Waals surface area contributed by atoms with Gasteiger partial charge in [0.1, 0.15) is 0 Å². The molecule has 118 valence electrons. The van der Waals surface area contributed by atoms with Gasteiger partial charge in [0.2, 0.25) is 6.41 Å². The molecule has 1 aromatic carbocycles. The van der Waals surface area contributed by atoms with Crippen LogP contribution in [-0.2, 0) is 4.79 Å². The van der Waals surface area contributed by atoms with Crippen molar-refractivity contribution in [3.8, 4) is 0 Å². The summed E-state index contributed by atoms with van der Waals surface area (Å²) >= 11 is 0. The van der Waals surface area contributed by atoms with E-state index in [1.807, 2.05) is 31.2 Å². The maximum Gasteiger partial charge on any atom is 0.251 e. The van der Waals surface area contributed by atoms with Crippen LogP contribution < -0.4 is 10.6 Å². The van der Waals surface area contributed by atoms with E-state index >= 15 is 0 Å². The van der Waals surface area contributed by atoms with Crippen LogP contribution in [-0.4, -0.2) is 25.4 Å². The van der Waals surface area contributed by atoms with Gasteiger partial charge in [-0.3, -0.25) is 9.59 Å². The van der Waals surface area contributed by atoms with Gasteiger partial charge in [-0.05, 0) is 43.0 Å². The summed E-state index contributed by atoms with van der Waals surface area (Å²) in [4.78, 5) is 22.1. The molecule has 1 aromatic rings. The van der Waals surface area contributed by atoms with Gasteiger partial charge < -0.3 is 10.6 Å². The smallest absolute Gasteiger partial charge is 0.251 e. The molecular weight excluding hydrogens is 276 g/mol. The average Bonchev–Trinajstić information content (AvgIpc) is 2.55. The van der Waals surface area contributed by atoms with Crippen LogP contribution in [0.4, 0.5) is 0 Å². The fourth-order valence-electron chi connectivity index (χ4n) is 1.97. The van der Waals surface area contributed by atoms with E-state index in [1.54, 1.807) is 0 Å². The lowest BCUT2D eigenvalue weighted by atomic mass is 10.0. The number of rotatable bonds is 9. The Morgan fingerprint density at radius 1 is 1.14 bits per heavy atom. The third-order valence-corrected chi connectivity index (χ3v) is 3.19. The van der Waals surface area contributed by atoms with Crippen LogP contribution in [0.15, 0.2) is 42.5 Å². The quantitative estimate of drug-likeness (QED) is 0.418. The first-order chi connectivity index (χ1) is 10.7. The Hall–Kier alpha value is -2.36. The number of carbonyl (C=O) groups is 2. The number of hydrogen-bond acceptors (Lipinski definition) is 2. The highest BCUT2D eigenvalue weighted by Gasteiger charge is 2.05. The van der Waals surface area contributed by atoms with Gasteiger partial charge in [-0.15, -0.1) is 0 Å². The van der Waals surface area contributed by atoms with Crippen molar-refractivity contribution < 1.29 is 9.59 Å². The molecule has 0 heterocycles. The van der Waals surface area contributed by atoms with E-state index in [9.17, 15) is 9.59 Å². The van der Waals surface area contributed by atoms with E-state index in [-0.39, 0.29) is 5.91 Å². The monoisotopic (exact) mass is 300 g/mol. The molecule has 0 bridgehead atoms. The first-order valence-electron chi connectivity index (χ1n) is 7.61. The Balaban J connectivity index is 2.58. The van der Waals surface area contributed by atoms with Crippen molar-refractivity contribution in [1.82, 2.24) is 10.6 Å². The van der Waals surface area contributed by atoms with Crippen LogP contribution in [0.25, 0.3) is 5.57 Å². The summed E-state index contributed by atoms with van der Waals surface area (Å²) in [7, 11) is 0. The first-order valence-corrected chi connectivity index (χ1v) is 7.61. The number of allylic oxidation sites excluding steroid dienone is 4. The van der Waals surface area contributed by atoms with Gasteiger partial charge in [-0.25, -0.2) is 0 Å². The molecule has 0 saturated heterocycles. The fraction of sp³-hybridized carbons (Fsp3) is 0.333. The van der Waals surface area contributed by atoms with E-state index in [0.29, 0.717) is 31.5 Å². The van der Waals surface area contributed by atoms with E-state index < -0.39 is 0 Å². The number of amides is 2. The van der Waals surface area contributed by atoms with Gasteiger partial charge >= 0.3 is 0 Å². The number of carbonyl (C=O) groups excluding carboxylic acids is 2. The standard InChI is InChI=1S/C18H24N2O2/c1-3-5-7-15(4-2)16-8-10-17(11-9-16)18(22)20-13-6-12-19-14-21/h4-5,7-11,14H,3,6,12-13H2,1-2H3,(H,19,21)(H,20,22)/b7-5-,15-4+. The predicted molar refractivity (Wildman–Crippen MR) is 90.5 cm³/mol. The number of nitrogens with one attached hydrogen (secondary N) is 2. The normalized spacial score (nSPS) is 11.5. The average molecular weight is 300 g/mol. The summed E-state index contributed by atoms with van der Waals surface area (Å²) < 4.78 is 0. The maximum atomic E-state index is 12.0. The Bertz CT molecular complexity index is 531. The van der Waals surface area contributed by atoms with Crippen molar-refractivity contribution in [2.45, 2.75) is 26.7 Å². The molecule has 4 heteroatoms. The minimum absolute atomic E-state index is 0.0937. The Kier molecular flexibility index (Phi) is 8.35. The second-order valence-electron chi connectivity index (χ2n) is 4.81. The molecule has 0 spiro atoms. The molecule has 2 amide bonds. The van der Waals surface area contributed by atoms with Crippen LogP contribution >= 0.6 is 0 Å². The lowest BCUT2D eigenvalue weighted by Gasteiger charge is -2.07. The largest absolute Gasteiger partial charge is 0.359 e. The van der Waals surface area contributed by atoms with Gasteiger partial charge in [0.15, 0.2) is 0 Å². The molecule has 0 atom stereocenters. The van der Waals surface area contributed by atoms with Gasteiger partial charge in [-0.2, -0.15) is 0 Å². The van der Waals surface area contributed by atoms with Crippen molar-refractivity contribution in [3.63, 3.8) is 0 Å². The second-order valence-corrected chi connectivity index (χ2v) is 4.81. The number of hydrogen-bond donors (Lipinski definition) is 2. The Morgan fingerprint density at radius 3 is 2.41 bits per heavy atom. The molecule has 1 rings (SSSR count). The minimum Gasteiger partial charge on any atom is -0.359 e. The predicted octanol–water partition coefficient (Wildman–Crippen LogP) is 2.92. The van der Waals surface area contributed by atoms with E-state index in [1.165, 1.54) is 0 Å². The highest BCUT2D eigenvalue weighted by molar-refractivity contribution is 5.94. The molecule has 22 heavy (non-hydrogen) atoms. The first kappa shape index (κ1) is 17.7. The molecule has 0 aliphatic rings. The van der Waals surface area contributed by atoms with Crippen LogP contribution in [0, 0.1) is 0 Å². The fourth-order valence-corrected chi connectivity index (χ4v) is 1.97. The molecule has 0 aromatic heterocycles. The summed E-state index contributed by atoms with van der Waals surface area (Å²) in [5.41, 5.74) is 2.88. The lowest BCUT2D eigenvalue weighted by molar-refractivity contribution is -0.109. The van der Waals surface area contributed by atoms with E-state index in [0.717, 1.165) is 17.6 Å². The van der Waals surface area contributed by atoms with E-state index in [2.05, 4.69) is 35.8 Å². The van der Waals surface area contributed by atoms with Crippen molar-refractivity contribution in [2.24, 2.45) is 0 Å². The van der Waals surface area contributed by atoms with Gasteiger partial charge in [0.05, 0.1) is 0 Å². The highest BCUT2D eigenvalue weighted by atomic mass is 16.1. The van der Waals surface area contributed by atoms with Crippen LogP contribution in [0.5, 0.6) is 0 Å². The molecule has 0 radical (unpaired) electrons. The molecule has 0 unspecified atom stereocenters. The van der Waals surface area contributed by atoms with Gasteiger partial charge in [-0.1, -0.05) is 37.3 Å². The SMILES string of the molecule is C/C=C(\C=C/CC)c1ccc(C(=O)NCCCNC=O)cc1. The Labute approximate surface area is 132 Å². The summed E-state index contributed by atoms with van der Waals surface area (Å²) in [6.45, 7) is 5.21. The highest BCUT2D eigenvalue weighted by Crippen LogP contribution is 2.17. The van der Waals surface area contributed by atoms with Crippen molar-refractivity contribution in [3.05, 3.63) is 53.6 Å². The van der Waals surface area contributed by atoms with Crippen LogP contribution in [0.3, 0.4) is 0 Å². The maximum absolute atomic E-state index is 12.0. The molecule has 0 aliphatic heterocycles.